The van der Waals surface area contributed by atoms with Gasteiger partial charge in [0.1, 0.15) is 0 Å². The van der Waals surface area contributed by atoms with E-state index in [-0.39, 0.29) is 23.3 Å². The van der Waals surface area contributed by atoms with Crippen LogP contribution in [0, 0.1) is 5.41 Å². The number of carbonyl (C=O) groups is 2. The Kier molecular flexibility index (Phi) is 5.66. The van der Waals surface area contributed by atoms with Crippen LogP contribution in [0.15, 0.2) is 10.9 Å². The van der Waals surface area contributed by atoms with Crippen LogP contribution in [0.1, 0.15) is 76.2 Å². The summed E-state index contributed by atoms with van der Waals surface area (Å²) in [5.74, 6) is 0.410. The van der Waals surface area contributed by atoms with Gasteiger partial charge < -0.3 is 9.80 Å². The van der Waals surface area contributed by atoms with Crippen molar-refractivity contribution >= 4 is 17.5 Å². The van der Waals surface area contributed by atoms with Crippen LogP contribution in [0.4, 0.5) is 0 Å². The molecule has 2 aliphatic rings. The first-order chi connectivity index (χ1) is 14.7. The minimum atomic E-state index is -0.402. The summed E-state index contributed by atoms with van der Waals surface area (Å²) in [6.07, 6.45) is 3.82. The van der Waals surface area contributed by atoms with Gasteiger partial charge in [0.25, 0.3) is 5.56 Å². The third-order valence-corrected chi connectivity index (χ3v) is 6.39. The fourth-order valence-corrected chi connectivity index (χ4v) is 4.68. The van der Waals surface area contributed by atoms with E-state index in [1.165, 1.54) is 4.52 Å². The van der Waals surface area contributed by atoms with Crippen LogP contribution in [0.5, 0.6) is 0 Å². The van der Waals surface area contributed by atoms with E-state index in [2.05, 4.69) is 5.10 Å². The number of aromatic nitrogens is 3. The Bertz CT molecular complexity index is 1060. The normalized spacial score (nSPS) is 19.5. The van der Waals surface area contributed by atoms with E-state index in [1.54, 1.807) is 4.90 Å². The van der Waals surface area contributed by atoms with Crippen LogP contribution in [-0.2, 0) is 22.6 Å². The molecule has 0 unspecified atom stereocenters. The lowest BCUT2D eigenvalue weighted by Crippen LogP contribution is -2.44. The van der Waals surface area contributed by atoms with E-state index in [4.69, 9.17) is 4.98 Å². The molecule has 0 spiro atoms. The maximum atomic E-state index is 13.2. The highest BCUT2D eigenvalue weighted by Gasteiger charge is 2.32. The Labute approximate surface area is 182 Å². The quantitative estimate of drug-likeness (QED) is 0.815. The number of piperidine rings is 1. The van der Waals surface area contributed by atoms with Crippen LogP contribution in [0.25, 0.3) is 5.65 Å². The average Bonchev–Trinajstić information content (AvgIpc) is 3.17. The van der Waals surface area contributed by atoms with Gasteiger partial charge in [-0.15, -0.1) is 0 Å². The number of hydrogen-bond acceptors (Lipinski definition) is 4. The summed E-state index contributed by atoms with van der Waals surface area (Å²) in [5, 5.41) is 3.25. The molecule has 0 radical (unpaired) electrons. The molecule has 0 saturated carbocycles. The number of fused-ring (bicyclic) bond motifs is 2. The van der Waals surface area contributed by atoms with Crippen molar-refractivity contribution in [3.05, 3.63) is 33.4 Å². The lowest BCUT2D eigenvalue weighted by Gasteiger charge is -2.36. The van der Waals surface area contributed by atoms with Gasteiger partial charge in [-0.25, -0.2) is 9.50 Å². The second-order valence-electron chi connectivity index (χ2n) is 9.90. The largest absolute Gasteiger partial charge is 0.342 e. The van der Waals surface area contributed by atoms with E-state index in [0.29, 0.717) is 43.7 Å². The molecule has 4 heterocycles. The molecule has 4 rings (SSSR count). The molecule has 1 saturated heterocycles. The Morgan fingerprint density at radius 3 is 2.71 bits per heavy atom. The first-order valence-electron chi connectivity index (χ1n) is 11.4. The zero-order valence-corrected chi connectivity index (χ0v) is 19.0. The van der Waals surface area contributed by atoms with Gasteiger partial charge >= 0.3 is 0 Å². The highest BCUT2D eigenvalue weighted by molar-refractivity contribution is 5.81. The summed E-state index contributed by atoms with van der Waals surface area (Å²) in [6.45, 7) is 10.2. The number of carbonyl (C=O) groups excluding carboxylic acids is 2. The zero-order chi connectivity index (χ0) is 22.3. The predicted molar refractivity (Wildman–Crippen MR) is 118 cm³/mol. The fourth-order valence-electron chi connectivity index (χ4n) is 4.68. The molecule has 1 N–H and O–H groups in total. The highest BCUT2D eigenvalue weighted by atomic mass is 16.2. The van der Waals surface area contributed by atoms with Crippen LogP contribution in [0.3, 0.4) is 0 Å². The molecule has 0 aliphatic carbocycles. The number of nitrogens with one attached hydrogen (secondary N) is 1. The Morgan fingerprint density at radius 2 is 2.00 bits per heavy atom. The minimum absolute atomic E-state index is 0.0932. The smallest absolute Gasteiger partial charge is 0.277 e. The number of hydrogen-bond donors (Lipinski definition) is 1. The van der Waals surface area contributed by atoms with E-state index >= 15 is 0 Å². The van der Waals surface area contributed by atoms with Crippen molar-refractivity contribution in [1.29, 1.82) is 0 Å². The first kappa shape index (κ1) is 21.6. The third kappa shape index (κ3) is 4.12. The van der Waals surface area contributed by atoms with Crippen LogP contribution >= 0.6 is 0 Å². The summed E-state index contributed by atoms with van der Waals surface area (Å²) >= 11 is 0. The first-order valence-corrected chi connectivity index (χ1v) is 11.4. The Balaban J connectivity index is 1.61. The minimum Gasteiger partial charge on any atom is -0.342 e. The number of aromatic amines is 1. The monoisotopic (exact) mass is 427 g/mol. The molecule has 8 heteroatoms. The van der Waals surface area contributed by atoms with E-state index in [0.717, 1.165) is 37.2 Å². The molecule has 0 aromatic carbocycles. The van der Waals surface area contributed by atoms with E-state index in [1.807, 2.05) is 38.7 Å². The summed E-state index contributed by atoms with van der Waals surface area (Å²) in [7, 11) is 0. The molecule has 168 valence electrons. The van der Waals surface area contributed by atoms with Crippen molar-refractivity contribution in [2.24, 2.45) is 5.41 Å². The number of H-pyrrole nitrogens is 1. The van der Waals surface area contributed by atoms with E-state index < -0.39 is 5.41 Å². The lowest BCUT2D eigenvalue weighted by molar-refractivity contribution is -0.140. The van der Waals surface area contributed by atoms with Crippen molar-refractivity contribution in [3.8, 4) is 0 Å². The average molecular weight is 428 g/mol. The van der Waals surface area contributed by atoms with Crippen LogP contribution in [-0.4, -0.2) is 55.8 Å². The highest BCUT2D eigenvalue weighted by Crippen LogP contribution is 2.29. The molecule has 31 heavy (non-hydrogen) atoms. The SMILES string of the molecule is CCCC(=O)N1CCc2nc3cc([C@H]4CCCN(C(=O)C(C)(C)C)C4)[nH]n3c(=O)c2C1. The van der Waals surface area contributed by atoms with Crippen molar-refractivity contribution in [2.45, 2.75) is 72.3 Å². The molecule has 2 aromatic heterocycles. The number of nitrogens with zero attached hydrogens (tertiary/aromatic N) is 4. The van der Waals surface area contributed by atoms with Crippen LogP contribution < -0.4 is 5.56 Å². The van der Waals surface area contributed by atoms with E-state index in [9.17, 15) is 14.4 Å². The van der Waals surface area contributed by atoms with Crippen molar-refractivity contribution in [3.63, 3.8) is 0 Å². The second kappa shape index (κ2) is 8.13. The third-order valence-electron chi connectivity index (χ3n) is 6.39. The molecular weight excluding hydrogens is 394 g/mol. The Hall–Kier alpha value is -2.64. The van der Waals surface area contributed by atoms with Gasteiger partial charge in [0.2, 0.25) is 11.8 Å². The molecule has 2 aliphatic heterocycles. The van der Waals surface area contributed by atoms with Crippen molar-refractivity contribution < 1.29 is 9.59 Å². The lowest BCUT2D eigenvalue weighted by atomic mass is 9.90. The zero-order valence-electron chi connectivity index (χ0n) is 19.0. The topological polar surface area (TPSA) is 90.8 Å². The maximum absolute atomic E-state index is 13.2. The van der Waals surface area contributed by atoms with Gasteiger partial charge in [0, 0.05) is 55.6 Å². The molecule has 8 nitrogen and oxygen atoms in total. The predicted octanol–water partition coefficient (Wildman–Crippen LogP) is 2.46. The van der Waals surface area contributed by atoms with Crippen molar-refractivity contribution in [2.75, 3.05) is 19.6 Å². The Morgan fingerprint density at radius 1 is 1.23 bits per heavy atom. The van der Waals surface area contributed by atoms with Gasteiger partial charge in [-0.1, -0.05) is 27.7 Å². The van der Waals surface area contributed by atoms with Gasteiger partial charge in [0.05, 0.1) is 17.8 Å². The molecular formula is C23H33N5O3. The van der Waals surface area contributed by atoms with Gasteiger partial charge in [-0.3, -0.25) is 19.5 Å². The molecule has 1 atom stereocenters. The summed E-state index contributed by atoms with van der Waals surface area (Å²) < 4.78 is 1.51. The molecule has 2 amide bonds. The van der Waals surface area contributed by atoms with Crippen molar-refractivity contribution in [1.82, 2.24) is 24.4 Å². The molecule has 0 bridgehead atoms. The van der Waals surface area contributed by atoms with Gasteiger partial charge in [0.15, 0.2) is 5.65 Å². The molecule has 2 aromatic rings. The summed E-state index contributed by atoms with van der Waals surface area (Å²) in [6, 6.07) is 1.95. The standard InChI is InChI=1S/C23H33N5O3/c1-5-7-20(29)26-11-9-17-16(14-26)21(30)28-19(24-17)12-18(25-28)15-8-6-10-27(13-15)22(31)23(2,3)4/h12,15,25H,5-11,13-14H2,1-4H3/t15-/m0/s1. The summed E-state index contributed by atoms with van der Waals surface area (Å²) in [5.41, 5.74) is 2.43. The fraction of sp³-hybridized carbons (Fsp3) is 0.652. The number of amides is 2. The second-order valence-corrected chi connectivity index (χ2v) is 9.90. The van der Waals surface area contributed by atoms with Gasteiger partial charge in [-0.2, -0.15) is 0 Å². The van der Waals surface area contributed by atoms with Crippen LogP contribution in [0.2, 0.25) is 0 Å². The van der Waals surface area contributed by atoms with Gasteiger partial charge in [-0.05, 0) is 19.3 Å². The maximum Gasteiger partial charge on any atom is 0.277 e. The summed E-state index contributed by atoms with van der Waals surface area (Å²) in [4.78, 5) is 46.7. The number of rotatable bonds is 3. The molecule has 1 fully saturated rings. The number of likely N-dealkylation sites (tertiary alicyclic amines) is 1.